The van der Waals surface area contributed by atoms with Gasteiger partial charge in [0.2, 0.25) is 0 Å². The summed E-state index contributed by atoms with van der Waals surface area (Å²) in [5.41, 5.74) is 1.82. The van der Waals surface area contributed by atoms with Gasteiger partial charge in [0.1, 0.15) is 5.82 Å². The molecule has 34 heavy (non-hydrogen) atoms. The van der Waals surface area contributed by atoms with Crippen molar-refractivity contribution in [3.8, 4) is 0 Å². The molecular formula is C24H29FN4O5. The molecule has 2 saturated heterocycles. The second-order valence-corrected chi connectivity index (χ2v) is 8.14. The number of Topliss-reactive ketones (excluding diaryl/α,β-unsaturated/α-hetero) is 1. The van der Waals surface area contributed by atoms with Crippen LogP contribution in [0.15, 0.2) is 36.4 Å². The van der Waals surface area contributed by atoms with Crippen molar-refractivity contribution >= 4 is 29.0 Å². The molecular weight excluding hydrogens is 443 g/mol. The fourth-order valence-corrected chi connectivity index (χ4v) is 4.22. The number of nitrogens with zero attached hydrogens (tertiary/aromatic N) is 3. The van der Waals surface area contributed by atoms with E-state index in [0.29, 0.717) is 75.0 Å². The summed E-state index contributed by atoms with van der Waals surface area (Å²) in [5, 5.41) is 9.42. The number of carboxylic acid groups (broad SMARTS) is 1. The van der Waals surface area contributed by atoms with E-state index in [1.807, 2.05) is 9.80 Å². The van der Waals surface area contributed by atoms with Crippen LogP contribution in [0.4, 0.5) is 15.8 Å². The Balaban J connectivity index is 0.00000324. The maximum absolute atomic E-state index is 14.5. The van der Waals surface area contributed by atoms with E-state index in [9.17, 15) is 23.9 Å². The molecule has 2 aromatic rings. The number of carbonyl (C=O) groups excluding carboxylic acids is 2. The molecule has 2 aromatic carbocycles. The molecule has 4 N–H and O–H groups in total. The van der Waals surface area contributed by atoms with Crippen molar-refractivity contribution in [2.75, 3.05) is 62.3 Å². The van der Waals surface area contributed by atoms with Gasteiger partial charge in [-0.3, -0.25) is 9.59 Å². The first-order valence-electron chi connectivity index (χ1n) is 10.9. The number of rotatable bonds is 5. The quantitative estimate of drug-likeness (QED) is 0.637. The van der Waals surface area contributed by atoms with Crippen LogP contribution in [0.25, 0.3) is 0 Å². The minimum Gasteiger partial charge on any atom is -0.478 e. The van der Waals surface area contributed by atoms with Gasteiger partial charge in [-0.15, -0.1) is 0 Å². The molecule has 0 atom stereocenters. The third-order valence-corrected chi connectivity index (χ3v) is 6.09. The summed E-state index contributed by atoms with van der Waals surface area (Å²) >= 11 is 0. The van der Waals surface area contributed by atoms with Crippen molar-refractivity contribution < 1.29 is 28.6 Å². The van der Waals surface area contributed by atoms with Gasteiger partial charge >= 0.3 is 5.97 Å². The molecule has 0 unspecified atom stereocenters. The summed E-state index contributed by atoms with van der Waals surface area (Å²) in [7, 11) is 0. The number of halogens is 1. The molecule has 0 bridgehead atoms. The number of ketones is 1. The molecule has 2 aliphatic heterocycles. The molecule has 0 saturated carbocycles. The number of piperazine rings is 1. The van der Waals surface area contributed by atoms with Gasteiger partial charge in [-0.25, -0.2) is 9.18 Å². The van der Waals surface area contributed by atoms with E-state index in [2.05, 4.69) is 0 Å². The van der Waals surface area contributed by atoms with Gasteiger partial charge in [-0.1, -0.05) is 0 Å². The lowest BCUT2D eigenvalue weighted by atomic mass is 10.0. The van der Waals surface area contributed by atoms with E-state index in [0.717, 1.165) is 0 Å². The third kappa shape index (κ3) is 5.18. The molecule has 0 spiro atoms. The maximum atomic E-state index is 14.5. The van der Waals surface area contributed by atoms with Gasteiger partial charge in [0.05, 0.1) is 30.0 Å². The second kappa shape index (κ2) is 10.6. The molecule has 2 aliphatic rings. The average molecular weight is 473 g/mol. The van der Waals surface area contributed by atoms with Crippen LogP contribution in [0, 0.1) is 5.82 Å². The zero-order valence-electron chi connectivity index (χ0n) is 19.1. The Hall–Kier alpha value is -3.50. The van der Waals surface area contributed by atoms with Crippen LogP contribution in [-0.2, 0) is 4.74 Å². The van der Waals surface area contributed by atoms with Crippen LogP contribution < -0.4 is 16.0 Å². The van der Waals surface area contributed by atoms with E-state index < -0.39 is 11.8 Å². The first-order chi connectivity index (χ1) is 15.8. The Morgan fingerprint density at radius 1 is 0.853 bits per heavy atom. The van der Waals surface area contributed by atoms with Crippen molar-refractivity contribution in [2.45, 2.75) is 6.92 Å². The van der Waals surface area contributed by atoms with Crippen molar-refractivity contribution in [1.29, 1.82) is 0 Å². The van der Waals surface area contributed by atoms with Crippen LogP contribution in [-0.4, -0.2) is 80.1 Å². The first kappa shape index (κ1) is 25.1. The van der Waals surface area contributed by atoms with Gasteiger partial charge in [-0.2, -0.15) is 0 Å². The van der Waals surface area contributed by atoms with Crippen LogP contribution in [0.5, 0.6) is 0 Å². The number of hydrogen-bond acceptors (Lipinski definition) is 7. The van der Waals surface area contributed by atoms with E-state index in [4.69, 9.17) is 4.74 Å². The summed E-state index contributed by atoms with van der Waals surface area (Å²) in [6, 6.07) is 9.06. The molecule has 1 amide bonds. The van der Waals surface area contributed by atoms with E-state index in [1.54, 1.807) is 23.1 Å². The Kier molecular flexibility index (Phi) is 7.85. The maximum Gasteiger partial charge on any atom is 0.335 e. The highest BCUT2D eigenvalue weighted by Gasteiger charge is 2.28. The molecule has 4 rings (SSSR count). The van der Waals surface area contributed by atoms with Gasteiger partial charge in [0.25, 0.3) is 5.91 Å². The van der Waals surface area contributed by atoms with E-state index >= 15 is 0 Å². The molecule has 10 heteroatoms. The summed E-state index contributed by atoms with van der Waals surface area (Å²) < 4.78 is 19.9. The van der Waals surface area contributed by atoms with Crippen LogP contribution in [0.2, 0.25) is 0 Å². The van der Waals surface area contributed by atoms with Crippen LogP contribution in [0.3, 0.4) is 0 Å². The lowest BCUT2D eigenvalue weighted by Gasteiger charge is -2.37. The number of aromatic carboxylic acids is 1. The number of morpholine rings is 1. The molecule has 0 aliphatic carbocycles. The summed E-state index contributed by atoms with van der Waals surface area (Å²) in [5.74, 6) is -2.00. The normalized spacial score (nSPS) is 16.1. The monoisotopic (exact) mass is 472 g/mol. The number of ether oxygens (including phenoxy) is 1. The lowest BCUT2D eigenvalue weighted by Crippen LogP contribution is -2.49. The highest BCUT2D eigenvalue weighted by Crippen LogP contribution is 2.27. The molecule has 2 heterocycles. The zero-order chi connectivity index (χ0) is 23.5. The standard InChI is InChI=1S/C24H26FN3O5.H3N/c1-16(29)17-2-5-22(20(25)15-17)26-6-8-28(9-7-26)23(30)19-14-18(24(31)32)3-4-21(19)27-10-12-33-13-11-27;/h2-5,14-15H,6-13H2,1H3,(H,31,32);1H3. The van der Waals surface area contributed by atoms with Gasteiger partial charge in [0.15, 0.2) is 5.78 Å². The van der Waals surface area contributed by atoms with Gasteiger partial charge in [-0.05, 0) is 43.3 Å². The zero-order valence-corrected chi connectivity index (χ0v) is 19.1. The van der Waals surface area contributed by atoms with E-state index in [-0.39, 0.29) is 23.4 Å². The van der Waals surface area contributed by atoms with Crippen LogP contribution in [0.1, 0.15) is 38.0 Å². The van der Waals surface area contributed by atoms with E-state index in [1.165, 1.54) is 25.1 Å². The fraction of sp³-hybridized carbons (Fsp3) is 0.375. The predicted molar refractivity (Wildman–Crippen MR) is 126 cm³/mol. The Bertz CT molecular complexity index is 1080. The minimum atomic E-state index is -1.09. The Labute approximate surface area is 197 Å². The molecule has 9 nitrogen and oxygen atoms in total. The Morgan fingerprint density at radius 3 is 2.03 bits per heavy atom. The minimum absolute atomic E-state index is 0. The number of carbonyl (C=O) groups is 3. The number of amides is 1. The average Bonchev–Trinajstić information content (AvgIpc) is 2.83. The summed E-state index contributed by atoms with van der Waals surface area (Å²) in [6.07, 6.45) is 0. The van der Waals surface area contributed by atoms with Gasteiger partial charge < -0.3 is 30.7 Å². The second-order valence-electron chi connectivity index (χ2n) is 8.14. The smallest absolute Gasteiger partial charge is 0.335 e. The number of carboxylic acids is 1. The molecule has 2 fully saturated rings. The van der Waals surface area contributed by atoms with Crippen molar-refractivity contribution in [2.24, 2.45) is 0 Å². The van der Waals surface area contributed by atoms with Crippen molar-refractivity contribution in [3.63, 3.8) is 0 Å². The van der Waals surface area contributed by atoms with Gasteiger partial charge in [0, 0.05) is 50.5 Å². The van der Waals surface area contributed by atoms with Crippen molar-refractivity contribution in [1.82, 2.24) is 11.1 Å². The highest BCUT2D eigenvalue weighted by molar-refractivity contribution is 6.02. The fourth-order valence-electron chi connectivity index (χ4n) is 4.22. The molecule has 0 radical (unpaired) electrons. The number of hydrogen-bond donors (Lipinski definition) is 2. The highest BCUT2D eigenvalue weighted by atomic mass is 19.1. The predicted octanol–water partition coefficient (Wildman–Crippen LogP) is 2.69. The summed E-state index contributed by atoms with van der Waals surface area (Å²) in [4.78, 5) is 42.0. The third-order valence-electron chi connectivity index (χ3n) is 6.09. The first-order valence-corrected chi connectivity index (χ1v) is 10.9. The number of benzene rings is 2. The molecule has 0 aromatic heterocycles. The summed E-state index contributed by atoms with van der Waals surface area (Å²) in [6.45, 7) is 5.30. The topological polar surface area (TPSA) is 125 Å². The van der Waals surface area contributed by atoms with Crippen LogP contribution >= 0.6 is 0 Å². The number of anilines is 2. The SMILES string of the molecule is CC(=O)c1ccc(N2CCN(C(=O)c3cc(C(=O)O)ccc3N3CCOCC3)CC2)c(F)c1.N. The lowest BCUT2D eigenvalue weighted by molar-refractivity contribution is 0.0696. The largest absolute Gasteiger partial charge is 0.478 e. The molecule has 182 valence electrons. The van der Waals surface area contributed by atoms with Crippen molar-refractivity contribution in [3.05, 3.63) is 58.9 Å². The Morgan fingerprint density at radius 2 is 1.44 bits per heavy atom.